The zero-order valence-electron chi connectivity index (χ0n) is 11.6. The minimum absolute atomic E-state index is 0.115. The van der Waals surface area contributed by atoms with Gasteiger partial charge < -0.3 is 5.32 Å². The predicted molar refractivity (Wildman–Crippen MR) is 77.4 cm³/mol. The van der Waals surface area contributed by atoms with Crippen molar-refractivity contribution in [2.45, 2.75) is 39.5 Å². The van der Waals surface area contributed by atoms with Crippen LogP contribution in [-0.4, -0.2) is 17.4 Å². The molecule has 1 saturated carbocycles. The van der Waals surface area contributed by atoms with E-state index in [1.165, 1.54) is 25.7 Å². The van der Waals surface area contributed by atoms with Gasteiger partial charge in [-0.3, -0.25) is 9.78 Å². The van der Waals surface area contributed by atoms with E-state index < -0.39 is 0 Å². The van der Waals surface area contributed by atoms with E-state index in [0.29, 0.717) is 16.5 Å². The highest BCUT2D eigenvalue weighted by Gasteiger charge is 2.19. The molecule has 4 heteroatoms. The van der Waals surface area contributed by atoms with E-state index in [9.17, 15) is 4.79 Å². The third kappa shape index (κ3) is 3.93. The van der Waals surface area contributed by atoms with Crippen LogP contribution in [0.15, 0.2) is 12.3 Å². The molecule has 104 valence electrons. The van der Waals surface area contributed by atoms with Gasteiger partial charge in [0.2, 0.25) is 0 Å². The Labute approximate surface area is 119 Å². The second kappa shape index (κ2) is 6.38. The molecule has 0 unspecified atom stereocenters. The number of hydrogen-bond acceptors (Lipinski definition) is 2. The number of halogens is 1. The average molecular weight is 281 g/mol. The second-order valence-electron chi connectivity index (χ2n) is 5.64. The van der Waals surface area contributed by atoms with Crippen molar-refractivity contribution >= 4 is 17.5 Å². The zero-order chi connectivity index (χ0) is 13.8. The lowest BCUT2D eigenvalue weighted by Crippen LogP contribution is -2.31. The summed E-state index contributed by atoms with van der Waals surface area (Å²) in [4.78, 5) is 16.2. The number of nitrogens with one attached hydrogen (secondary N) is 1. The van der Waals surface area contributed by atoms with E-state index in [1.54, 1.807) is 12.3 Å². The van der Waals surface area contributed by atoms with Crippen LogP contribution in [0.5, 0.6) is 0 Å². The van der Waals surface area contributed by atoms with Crippen molar-refractivity contribution in [2.24, 2.45) is 11.8 Å². The Hall–Kier alpha value is -1.09. The standard InChI is InChI=1S/C15H21ClN2O/c1-10-3-5-12(6-4-10)8-18-15(19)13-9-17-11(2)7-14(13)16/h7,9-10,12H,3-6,8H2,1-2H3,(H,18,19). The first-order chi connectivity index (χ1) is 9.06. The number of carbonyl (C=O) groups is 1. The van der Waals surface area contributed by atoms with E-state index in [0.717, 1.165) is 18.2 Å². The van der Waals surface area contributed by atoms with Crippen LogP contribution in [0.3, 0.4) is 0 Å². The Balaban J connectivity index is 1.87. The minimum Gasteiger partial charge on any atom is -0.352 e. The fourth-order valence-electron chi connectivity index (χ4n) is 2.56. The van der Waals surface area contributed by atoms with E-state index >= 15 is 0 Å². The number of amides is 1. The molecule has 0 saturated heterocycles. The van der Waals surface area contributed by atoms with Gasteiger partial charge in [-0.15, -0.1) is 0 Å². The largest absolute Gasteiger partial charge is 0.352 e. The number of pyridine rings is 1. The summed E-state index contributed by atoms with van der Waals surface area (Å²) in [5.41, 5.74) is 1.29. The first-order valence-electron chi connectivity index (χ1n) is 6.96. The van der Waals surface area contributed by atoms with Crippen LogP contribution in [0.4, 0.5) is 0 Å². The maximum Gasteiger partial charge on any atom is 0.254 e. The normalized spacial score (nSPS) is 23.1. The van der Waals surface area contributed by atoms with Gasteiger partial charge in [0, 0.05) is 18.4 Å². The topological polar surface area (TPSA) is 42.0 Å². The molecule has 3 nitrogen and oxygen atoms in total. The van der Waals surface area contributed by atoms with Gasteiger partial charge in [0.25, 0.3) is 5.91 Å². The van der Waals surface area contributed by atoms with Gasteiger partial charge in [-0.05, 0) is 37.7 Å². The Bertz CT molecular complexity index is 453. The number of rotatable bonds is 3. The molecule has 1 aromatic heterocycles. The van der Waals surface area contributed by atoms with Crippen LogP contribution in [0.25, 0.3) is 0 Å². The summed E-state index contributed by atoms with van der Waals surface area (Å²) >= 11 is 6.06. The summed E-state index contributed by atoms with van der Waals surface area (Å²) in [6.07, 6.45) is 6.51. The number of nitrogens with zero attached hydrogens (tertiary/aromatic N) is 1. The predicted octanol–water partition coefficient (Wildman–Crippen LogP) is 3.60. The molecule has 0 radical (unpaired) electrons. The van der Waals surface area contributed by atoms with E-state index in [4.69, 9.17) is 11.6 Å². The molecule has 1 aliphatic rings. The lowest BCUT2D eigenvalue weighted by molar-refractivity contribution is 0.0941. The summed E-state index contributed by atoms with van der Waals surface area (Å²) in [7, 11) is 0. The fraction of sp³-hybridized carbons (Fsp3) is 0.600. The molecule has 1 amide bonds. The van der Waals surface area contributed by atoms with E-state index in [1.807, 2.05) is 6.92 Å². The van der Waals surface area contributed by atoms with E-state index in [-0.39, 0.29) is 5.91 Å². The molecular weight excluding hydrogens is 260 g/mol. The molecule has 19 heavy (non-hydrogen) atoms. The van der Waals surface area contributed by atoms with Gasteiger partial charge in [0.05, 0.1) is 10.6 Å². The molecule has 2 rings (SSSR count). The first-order valence-corrected chi connectivity index (χ1v) is 7.34. The highest BCUT2D eigenvalue weighted by Crippen LogP contribution is 2.27. The summed E-state index contributed by atoms with van der Waals surface area (Å²) in [5, 5.41) is 3.45. The molecule has 1 aromatic rings. The van der Waals surface area contributed by atoms with Crippen molar-refractivity contribution in [2.75, 3.05) is 6.54 Å². The van der Waals surface area contributed by atoms with Gasteiger partial charge in [0.1, 0.15) is 0 Å². The number of carbonyl (C=O) groups excluding carboxylic acids is 1. The van der Waals surface area contributed by atoms with Crippen LogP contribution in [0.1, 0.15) is 48.7 Å². The molecule has 0 aromatic carbocycles. The molecular formula is C15H21ClN2O. The Morgan fingerprint density at radius 1 is 1.42 bits per heavy atom. The first kappa shape index (κ1) is 14.3. The summed E-state index contributed by atoms with van der Waals surface area (Å²) in [6.45, 7) is 4.90. The van der Waals surface area contributed by atoms with Crippen molar-refractivity contribution in [1.82, 2.24) is 10.3 Å². The monoisotopic (exact) mass is 280 g/mol. The molecule has 1 aliphatic carbocycles. The third-order valence-corrected chi connectivity index (χ3v) is 4.23. The Morgan fingerprint density at radius 3 is 2.74 bits per heavy atom. The fourth-order valence-corrected chi connectivity index (χ4v) is 2.85. The van der Waals surface area contributed by atoms with Crippen LogP contribution >= 0.6 is 11.6 Å². The maximum absolute atomic E-state index is 12.0. The van der Waals surface area contributed by atoms with Crippen molar-refractivity contribution in [1.29, 1.82) is 0 Å². The minimum atomic E-state index is -0.115. The molecule has 0 spiro atoms. The lowest BCUT2D eigenvalue weighted by Gasteiger charge is -2.26. The zero-order valence-corrected chi connectivity index (χ0v) is 12.3. The second-order valence-corrected chi connectivity index (χ2v) is 6.05. The highest BCUT2D eigenvalue weighted by molar-refractivity contribution is 6.33. The molecule has 0 bridgehead atoms. The van der Waals surface area contributed by atoms with E-state index in [2.05, 4.69) is 17.2 Å². The van der Waals surface area contributed by atoms with Crippen molar-refractivity contribution < 1.29 is 4.79 Å². The van der Waals surface area contributed by atoms with Crippen molar-refractivity contribution in [3.63, 3.8) is 0 Å². The number of hydrogen-bond donors (Lipinski definition) is 1. The van der Waals surface area contributed by atoms with Crippen molar-refractivity contribution in [3.05, 3.63) is 28.5 Å². The SMILES string of the molecule is Cc1cc(Cl)c(C(=O)NCC2CCC(C)CC2)cn1. The molecule has 1 N–H and O–H groups in total. The smallest absolute Gasteiger partial charge is 0.254 e. The van der Waals surface area contributed by atoms with Crippen LogP contribution in [0, 0.1) is 18.8 Å². The number of aryl methyl sites for hydroxylation is 1. The highest BCUT2D eigenvalue weighted by atomic mass is 35.5. The molecule has 1 heterocycles. The Morgan fingerprint density at radius 2 is 2.11 bits per heavy atom. The van der Waals surface area contributed by atoms with Gasteiger partial charge >= 0.3 is 0 Å². The number of aromatic nitrogens is 1. The van der Waals surface area contributed by atoms with Crippen molar-refractivity contribution in [3.8, 4) is 0 Å². The average Bonchev–Trinajstić information content (AvgIpc) is 2.37. The Kier molecular flexibility index (Phi) is 4.81. The van der Waals surface area contributed by atoms with Gasteiger partial charge in [-0.2, -0.15) is 0 Å². The van der Waals surface area contributed by atoms with Crippen LogP contribution in [0.2, 0.25) is 5.02 Å². The summed E-state index contributed by atoms with van der Waals surface area (Å²) < 4.78 is 0. The molecule has 0 aliphatic heterocycles. The van der Waals surface area contributed by atoms with Gasteiger partial charge in [0.15, 0.2) is 0 Å². The van der Waals surface area contributed by atoms with Gasteiger partial charge in [-0.1, -0.05) is 31.4 Å². The quantitative estimate of drug-likeness (QED) is 0.919. The van der Waals surface area contributed by atoms with Crippen LogP contribution in [-0.2, 0) is 0 Å². The molecule has 1 fully saturated rings. The molecule has 0 atom stereocenters. The summed E-state index contributed by atoms with van der Waals surface area (Å²) in [5.74, 6) is 1.33. The lowest BCUT2D eigenvalue weighted by atomic mass is 9.83. The summed E-state index contributed by atoms with van der Waals surface area (Å²) in [6, 6.07) is 1.72. The third-order valence-electron chi connectivity index (χ3n) is 3.92. The van der Waals surface area contributed by atoms with Gasteiger partial charge in [-0.25, -0.2) is 0 Å². The van der Waals surface area contributed by atoms with Crippen LogP contribution < -0.4 is 5.32 Å². The maximum atomic E-state index is 12.0.